The minimum absolute atomic E-state index is 0. The van der Waals surface area contributed by atoms with E-state index >= 15 is 0 Å². The molecule has 4 heteroatoms. The van der Waals surface area contributed by atoms with Gasteiger partial charge in [0.25, 0.3) is 0 Å². The summed E-state index contributed by atoms with van der Waals surface area (Å²) in [6, 6.07) is 0. The zero-order valence-corrected chi connectivity index (χ0v) is 7.45. The van der Waals surface area contributed by atoms with Gasteiger partial charge in [-0.05, 0) is 0 Å². The van der Waals surface area contributed by atoms with Gasteiger partial charge in [-0.25, -0.2) is 0 Å². The van der Waals surface area contributed by atoms with Crippen molar-refractivity contribution in [3.63, 3.8) is 0 Å². The molecule has 0 aliphatic heterocycles. The molecule has 0 rings (SSSR count). The minimum atomic E-state index is 0. The van der Waals surface area contributed by atoms with Crippen LogP contribution in [0, 0.1) is 0 Å². The number of thiocarbonyl (C=S) groups is 1. The monoisotopic (exact) mass is 129 g/mol. The average Bonchev–Trinajstić information content (AvgIpc) is 1.38. The molecule has 0 aliphatic carbocycles. The standard InChI is InChI=1S/C2H5NS2.Na/c1-3-2(4)5;/h1H3,(H2,3,4,5);/q;+1/p-1. The molecule has 0 fully saturated rings. The fourth-order valence-corrected chi connectivity index (χ4v) is 0. The second-order valence-electron chi connectivity index (χ2n) is 0.537. The first-order valence-corrected chi connectivity index (χ1v) is 1.97. The zero-order valence-electron chi connectivity index (χ0n) is 3.82. The summed E-state index contributed by atoms with van der Waals surface area (Å²) in [4.78, 5) is 0. The molecule has 0 atom stereocenters. The Balaban J connectivity index is 0. The van der Waals surface area contributed by atoms with Gasteiger partial charge in [-0.2, -0.15) is 0 Å². The maximum atomic E-state index is 4.40. The largest absolute Gasteiger partial charge is 1.00 e. The maximum Gasteiger partial charge on any atom is 1.00 e. The Hall–Kier alpha value is 1.11. The van der Waals surface area contributed by atoms with Gasteiger partial charge >= 0.3 is 29.6 Å². The van der Waals surface area contributed by atoms with Crippen molar-refractivity contribution >= 4 is 29.2 Å². The molecule has 1 N–H and O–H groups in total. The Morgan fingerprint density at radius 2 is 2.00 bits per heavy atom. The van der Waals surface area contributed by atoms with E-state index in [1.165, 1.54) is 0 Å². The quantitative estimate of drug-likeness (QED) is 0.213. The second kappa shape index (κ2) is 6.11. The van der Waals surface area contributed by atoms with Crippen molar-refractivity contribution in [1.82, 2.24) is 5.32 Å². The molecule has 0 radical (unpaired) electrons. The van der Waals surface area contributed by atoms with E-state index < -0.39 is 0 Å². The van der Waals surface area contributed by atoms with Crippen LogP contribution < -0.4 is 34.9 Å². The molecule has 0 unspecified atom stereocenters. The Bertz CT molecular complexity index is 46.8. The minimum Gasteiger partial charge on any atom is -0.412 e. The first-order valence-electron chi connectivity index (χ1n) is 1.16. The van der Waals surface area contributed by atoms with E-state index in [1.807, 2.05) is 0 Å². The Labute approximate surface area is 70.6 Å². The van der Waals surface area contributed by atoms with Crippen LogP contribution in [-0.4, -0.2) is 11.4 Å². The fourth-order valence-electron chi connectivity index (χ4n) is 0. The van der Waals surface area contributed by atoms with Crippen molar-refractivity contribution in [2.75, 3.05) is 7.05 Å². The van der Waals surface area contributed by atoms with Crippen LogP contribution in [0.4, 0.5) is 0 Å². The third kappa shape index (κ3) is 8.92. The molecule has 1 nitrogen and oxygen atoms in total. The molecule has 0 aromatic heterocycles. The third-order valence-corrected chi connectivity index (χ3v) is 0.612. The molecule has 0 spiro atoms. The predicted molar refractivity (Wildman–Crippen MR) is 29.0 cm³/mol. The van der Waals surface area contributed by atoms with Gasteiger partial charge in [-0.3, -0.25) is 0 Å². The van der Waals surface area contributed by atoms with Crippen LogP contribution in [0.25, 0.3) is 0 Å². The van der Waals surface area contributed by atoms with Crippen LogP contribution >= 0.6 is 12.2 Å². The fraction of sp³-hybridized carbons (Fsp3) is 0.500. The second-order valence-corrected chi connectivity index (χ2v) is 1.61. The molecule has 0 saturated heterocycles. The molecule has 0 heterocycles. The smallest absolute Gasteiger partial charge is 0.412 e. The summed E-state index contributed by atoms with van der Waals surface area (Å²) in [6.45, 7) is 0. The Morgan fingerprint density at radius 1 is 1.83 bits per heavy atom. The van der Waals surface area contributed by atoms with Gasteiger partial charge in [-0.1, -0.05) is 4.32 Å². The van der Waals surface area contributed by atoms with Crippen molar-refractivity contribution in [2.45, 2.75) is 0 Å². The first-order chi connectivity index (χ1) is 2.27. The predicted octanol–water partition coefficient (Wildman–Crippen LogP) is -2.96. The van der Waals surface area contributed by atoms with Gasteiger partial charge in [0.2, 0.25) is 0 Å². The van der Waals surface area contributed by atoms with E-state index in [9.17, 15) is 0 Å². The number of hydrogen-bond donors (Lipinski definition) is 1. The van der Waals surface area contributed by atoms with Crippen molar-refractivity contribution in [3.8, 4) is 0 Å². The number of hydrogen-bond acceptors (Lipinski definition) is 2. The molecule has 0 aliphatic rings. The van der Waals surface area contributed by atoms with Crippen LogP contribution in [0.2, 0.25) is 0 Å². The summed E-state index contributed by atoms with van der Waals surface area (Å²) in [6.07, 6.45) is 0. The van der Waals surface area contributed by atoms with Crippen LogP contribution in [-0.2, 0) is 12.6 Å². The van der Waals surface area contributed by atoms with E-state index in [4.69, 9.17) is 0 Å². The molecule has 30 valence electrons. The molecular weight excluding hydrogens is 125 g/mol. The summed E-state index contributed by atoms with van der Waals surface area (Å²) in [5.74, 6) is 0. The normalized spacial score (nSPS) is 5.50. The maximum absolute atomic E-state index is 4.40. The van der Waals surface area contributed by atoms with E-state index in [2.05, 4.69) is 30.2 Å². The van der Waals surface area contributed by atoms with Crippen molar-refractivity contribution in [2.24, 2.45) is 0 Å². The van der Waals surface area contributed by atoms with Gasteiger partial charge < -0.3 is 30.2 Å². The molecule has 0 amide bonds. The van der Waals surface area contributed by atoms with Crippen LogP contribution in [0.15, 0.2) is 0 Å². The SMILES string of the molecule is CNC(=S)[S-].[Na+]. The third-order valence-electron chi connectivity index (χ3n) is 0.204. The van der Waals surface area contributed by atoms with Crippen LogP contribution in [0.5, 0.6) is 0 Å². The van der Waals surface area contributed by atoms with Crippen molar-refractivity contribution in [3.05, 3.63) is 0 Å². The van der Waals surface area contributed by atoms with Crippen LogP contribution in [0.1, 0.15) is 0 Å². The van der Waals surface area contributed by atoms with E-state index in [1.54, 1.807) is 7.05 Å². The van der Waals surface area contributed by atoms with Gasteiger partial charge in [-0.15, -0.1) is 0 Å². The van der Waals surface area contributed by atoms with Gasteiger partial charge in [0, 0.05) is 7.05 Å². The summed E-state index contributed by atoms with van der Waals surface area (Å²) in [5, 5.41) is 2.57. The van der Waals surface area contributed by atoms with E-state index in [-0.39, 0.29) is 29.6 Å². The molecule has 0 aromatic rings. The average molecular weight is 129 g/mol. The van der Waals surface area contributed by atoms with Crippen molar-refractivity contribution in [1.29, 1.82) is 0 Å². The summed E-state index contributed by atoms with van der Waals surface area (Å²) >= 11 is 8.80. The van der Waals surface area contributed by atoms with E-state index in [0.717, 1.165) is 0 Å². The molecular formula is C2H4NNaS2. The first kappa shape index (κ1) is 10.2. The van der Waals surface area contributed by atoms with Crippen molar-refractivity contribution < 1.29 is 29.6 Å². The summed E-state index contributed by atoms with van der Waals surface area (Å²) < 4.78 is 0.421. The Morgan fingerprint density at radius 3 is 2.00 bits per heavy atom. The van der Waals surface area contributed by atoms with Gasteiger partial charge in [0.1, 0.15) is 0 Å². The molecule has 6 heavy (non-hydrogen) atoms. The Kier molecular flexibility index (Phi) is 10.4. The number of nitrogens with one attached hydrogen (secondary N) is 1. The topological polar surface area (TPSA) is 12.0 Å². The molecule has 0 aromatic carbocycles. The number of rotatable bonds is 0. The molecule has 0 saturated carbocycles. The molecule has 0 bridgehead atoms. The van der Waals surface area contributed by atoms with E-state index in [0.29, 0.717) is 4.32 Å². The summed E-state index contributed by atoms with van der Waals surface area (Å²) in [5.41, 5.74) is 0. The van der Waals surface area contributed by atoms with Crippen LogP contribution in [0.3, 0.4) is 0 Å². The van der Waals surface area contributed by atoms with Gasteiger partial charge in [0.05, 0.1) is 0 Å². The zero-order chi connectivity index (χ0) is 4.28. The van der Waals surface area contributed by atoms with Gasteiger partial charge in [0.15, 0.2) is 0 Å². The summed E-state index contributed by atoms with van der Waals surface area (Å²) in [7, 11) is 1.70.